The fourth-order valence-electron chi connectivity index (χ4n) is 1.52. The van der Waals surface area contributed by atoms with Crippen molar-refractivity contribution < 1.29 is 18.5 Å². The van der Waals surface area contributed by atoms with E-state index in [-0.39, 0.29) is 36.0 Å². The first-order valence-electron chi connectivity index (χ1n) is 6.89. The summed E-state index contributed by atoms with van der Waals surface area (Å²) in [5, 5.41) is 11.1. The number of rotatable bonds is 8. The Morgan fingerprint density at radius 2 is 1.57 bits per heavy atom. The molecule has 0 aliphatic heterocycles. The molecule has 0 atom stereocenters. The summed E-state index contributed by atoms with van der Waals surface area (Å²) >= 11 is 0. The van der Waals surface area contributed by atoms with E-state index in [1.807, 2.05) is 27.7 Å². The van der Waals surface area contributed by atoms with Gasteiger partial charge in [-0.15, -0.1) is 0 Å². The number of benzene rings is 1. The van der Waals surface area contributed by atoms with Crippen LogP contribution in [0.3, 0.4) is 0 Å². The van der Waals surface area contributed by atoms with Crippen LogP contribution < -0.4 is 5.30 Å². The summed E-state index contributed by atoms with van der Waals surface area (Å²) in [6.45, 7) is 8.06. The number of nitro groups is 1. The molecule has 6 nitrogen and oxygen atoms in total. The molecule has 0 aromatic heterocycles. The molecule has 1 aromatic rings. The van der Waals surface area contributed by atoms with Crippen molar-refractivity contribution in [2.75, 3.05) is 13.2 Å². The molecule has 0 saturated carbocycles. The Hall–Kier alpha value is -1.23. The number of hydrogen-bond acceptors (Lipinski definition) is 5. The summed E-state index contributed by atoms with van der Waals surface area (Å²) in [6.07, 6.45) is 0. The standard InChI is InChI=1S/C14H22NO5P/c1-11(2)9-19-21(18,20-10-12(3)4)14-8-6-5-7-13(14)15(16)17/h5-8,11-12H,9-10H2,1-4H3. The predicted molar refractivity (Wildman–Crippen MR) is 81.9 cm³/mol. The topological polar surface area (TPSA) is 78.7 Å². The Morgan fingerprint density at radius 1 is 1.10 bits per heavy atom. The highest BCUT2D eigenvalue weighted by atomic mass is 31.2. The molecule has 0 N–H and O–H groups in total. The average molecular weight is 315 g/mol. The van der Waals surface area contributed by atoms with Crippen LogP contribution in [0.4, 0.5) is 5.69 Å². The van der Waals surface area contributed by atoms with Crippen LogP contribution in [-0.4, -0.2) is 18.1 Å². The highest BCUT2D eigenvalue weighted by Gasteiger charge is 2.35. The first-order chi connectivity index (χ1) is 9.76. The molecular weight excluding hydrogens is 293 g/mol. The van der Waals surface area contributed by atoms with E-state index in [0.717, 1.165) is 0 Å². The lowest BCUT2D eigenvalue weighted by molar-refractivity contribution is -0.383. The zero-order valence-corrected chi connectivity index (χ0v) is 13.7. The molecule has 7 heteroatoms. The van der Waals surface area contributed by atoms with Crippen molar-refractivity contribution in [3.8, 4) is 0 Å². The third-order valence-electron chi connectivity index (χ3n) is 2.53. The molecule has 0 bridgehead atoms. The van der Waals surface area contributed by atoms with Crippen LogP contribution in [0.15, 0.2) is 24.3 Å². The number of nitro benzene ring substituents is 1. The van der Waals surface area contributed by atoms with E-state index in [1.54, 1.807) is 6.07 Å². The van der Waals surface area contributed by atoms with Crippen LogP contribution in [0.25, 0.3) is 0 Å². The smallest absolute Gasteiger partial charge is 0.305 e. The van der Waals surface area contributed by atoms with Gasteiger partial charge in [0.25, 0.3) is 5.69 Å². The Bertz CT molecular complexity index is 514. The van der Waals surface area contributed by atoms with Gasteiger partial charge < -0.3 is 9.05 Å². The van der Waals surface area contributed by atoms with Crippen LogP contribution in [-0.2, 0) is 13.6 Å². The summed E-state index contributed by atoms with van der Waals surface area (Å²) in [6, 6.07) is 5.85. The molecular formula is C14H22NO5P. The van der Waals surface area contributed by atoms with Gasteiger partial charge in [-0.25, -0.2) is 0 Å². The van der Waals surface area contributed by atoms with E-state index in [9.17, 15) is 14.7 Å². The second kappa shape index (κ2) is 7.69. The maximum atomic E-state index is 13.0. The van der Waals surface area contributed by atoms with Gasteiger partial charge in [0.15, 0.2) is 0 Å². The van der Waals surface area contributed by atoms with Crippen LogP contribution in [0.1, 0.15) is 27.7 Å². The Balaban J connectivity index is 3.16. The monoisotopic (exact) mass is 315 g/mol. The van der Waals surface area contributed by atoms with Gasteiger partial charge in [-0.2, -0.15) is 0 Å². The van der Waals surface area contributed by atoms with Crippen molar-refractivity contribution in [1.82, 2.24) is 0 Å². The summed E-state index contributed by atoms with van der Waals surface area (Å²) < 4.78 is 23.9. The van der Waals surface area contributed by atoms with Crippen LogP contribution >= 0.6 is 7.60 Å². The van der Waals surface area contributed by atoms with E-state index in [0.29, 0.717) is 0 Å². The number of nitrogens with zero attached hydrogens (tertiary/aromatic N) is 1. The maximum absolute atomic E-state index is 13.0. The summed E-state index contributed by atoms with van der Waals surface area (Å²) in [5.74, 6) is 0.285. The summed E-state index contributed by atoms with van der Waals surface area (Å²) in [4.78, 5) is 10.5. The SMILES string of the molecule is CC(C)COP(=O)(OCC(C)C)c1ccccc1[N+](=O)[O-]. The van der Waals surface area contributed by atoms with Crippen molar-refractivity contribution in [1.29, 1.82) is 0 Å². The molecule has 0 saturated heterocycles. The molecule has 1 aromatic carbocycles. The second-order valence-electron chi connectivity index (χ2n) is 5.62. The minimum Gasteiger partial charge on any atom is -0.305 e. The van der Waals surface area contributed by atoms with Gasteiger partial charge in [-0.05, 0) is 17.9 Å². The molecule has 0 radical (unpaired) electrons. The molecule has 118 valence electrons. The Labute approximate surface area is 125 Å². The van der Waals surface area contributed by atoms with Crippen LogP contribution in [0.5, 0.6) is 0 Å². The van der Waals surface area contributed by atoms with Crippen molar-refractivity contribution in [2.24, 2.45) is 11.8 Å². The summed E-state index contributed by atoms with van der Waals surface area (Å²) in [5.41, 5.74) is -0.242. The molecule has 0 fully saturated rings. The van der Waals surface area contributed by atoms with Crippen molar-refractivity contribution >= 4 is 18.6 Å². The van der Waals surface area contributed by atoms with Crippen molar-refractivity contribution in [3.63, 3.8) is 0 Å². The lowest BCUT2D eigenvalue weighted by atomic mass is 10.2. The number of hydrogen-bond donors (Lipinski definition) is 0. The minimum absolute atomic E-state index is 0.0105. The Kier molecular flexibility index (Phi) is 6.52. The van der Waals surface area contributed by atoms with Gasteiger partial charge in [-0.3, -0.25) is 14.7 Å². The fraction of sp³-hybridized carbons (Fsp3) is 0.571. The van der Waals surface area contributed by atoms with Gasteiger partial charge in [0.05, 0.1) is 18.1 Å². The molecule has 0 spiro atoms. The van der Waals surface area contributed by atoms with Crippen LogP contribution in [0.2, 0.25) is 0 Å². The van der Waals surface area contributed by atoms with E-state index < -0.39 is 12.5 Å². The first-order valence-corrected chi connectivity index (χ1v) is 8.43. The highest BCUT2D eigenvalue weighted by molar-refractivity contribution is 7.62. The van der Waals surface area contributed by atoms with Gasteiger partial charge >= 0.3 is 7.60 Å². The second-order valence-corrected chi connectivity index (χ2v) is 7.62. The van der Waals surface area contributed by atoms with Gasteiger partial charge in [0, 0.05) is 6.07 Å². The average Bonchev–Trinajstić information content (AvgIpc) is 2.43. The Morgan fingerprint density at radius 3 is 2.00 bits per heavy atom. The lowest BCUT2D eigenvalue weighted by Gasteiger charge is -2.20. The third-order valence-corrected chi connectivity index (χ3v) is 4.48. The quantitative estimate of drug-likeness (QED) is 0.414. The summed E-state index contributed by atoms with van der Waals surface area (Å²) in [7, 11) is -3.71. The zero-order valence-electron chi connectivity index (χ0n) is 12.8. The molecule has 0 unspecified atom stereocenters. The van der Waals surface area contributed by atoms with Crippen molar-refractivity contribution in [2.45, 2.75) is 27.7 Å². The highest BCUT2D eigenvalue weighted by Crippen LogP contribution is 2.49. The molecule has 1 rings (SSSR count). The van der Waals surface area contributed by atoms with Gasteiger partial charge in [0.2, 0.25) is 0 Å². The van der Waals surface area contributed by atoms with Gasteiger partial charge in [0.1, 0.15) is 5.30 Å². The lowest BCUT2D eigenvalue weighted by Crippen LogP contribution is -2.17. The van der Waals surface area contributed by atoms with Crippen LogP contribution in [0, 0.1) is 22.0 Å². The van der Waals surface area contributed by atoms with E-state index in [4.69, 9.17) is 9.05 Å². The third kappa shape index (κ3) is 5.23. The molecule has 0 aliphatic rings. The van der Waals surface area contributed by atoms with E-state index >= 15 is 0 Å². The predicted octanol–water partition coefficient (Wildman–Crippen LogP) is 3.76. The zero-order chi connectivity index (χ0) is 16.0. The minimum atomic E-state index is -3.71. The van der Waals surface area contributed by atoms with Gasteiger partial charge in [-0.1, -0.05) is 39.8 Å². The normalized spacial score (nSPS) is 12.1. The molecule has 0 aliphatic carbocycles. The maximum Gasteiger partial charge on any atom is 0.368 e. The van der Waals surface area contributed by atoms with E-state index in [2.05, 4.69) is 0 Å². The number of para-hydroxylation sites is 1. The fourth-order valence-corrected chi connectivity index (χ4v) is 3.57. The largest absolute Gasteiger partial charge is 0.368 e. The first kappa shape index (κ1) is 17.8. The van der Waals surface area contributed by atoms with E-state index in [1.165, 1.54) is 18.2 Å². The molecule has 0 amide bonds. The van der Waals surface area contributed by atoms with Crippen molar-refractivity contribution in [3.05, 3.63) is 34.4 Å². The molecule has 0 heterocycles. The molecule has 21 heavy (non-hydrogen) atoms.